The van der Waals surface area contributed by atoms with Gasteiger partial charge in [-0.05, 0) is 35.5 Å². The summed E-state index contributed by atoms with van der Waals surface area (Å²) in [5.74, 6) is 0.305. The summed E-state index contributed by atoms with van der Waals surface area (Å²) in [4.78, 5) is 23.6. The lowest BCUT2D eigenvalue weighted by Crippen LogP contribution is -2.55. The van der Waals surface area contributed by atoms with Gasteiger partial charge in [0, 0.05) is 13.0 Å². The molecule has 0 fully saturated rings. The van der Waals surface area contributed by atoms with E-state index in [-0.39, 0.29) is 5.11 Å². The zero-order valence-electron chi connectivity index (χ0n) is 15.4. The number of nitrogens with one attached hydrogen (secondary N) is 4. The summed E-state index contributed by atoms with van der Waals surface area (Å²) in [6.45, 7) is 0.471. The number of carbonyl (C=O) groups is 2. The lowest BCUT2D eigenvalue weighted by atomic mass is 10.1. The van der Waals surface area contributed by atoms with Crippen LogP contribution < -0.4 is 32.0 Å². The number of rotatable bonds is 7. The highest BCUT2D eigenvalue weighted by molar-refractivity contribution is 7.80. The van der Waals surface area contributed by atoms with Gasteiger partial charge in [0.05, 0.1) is 7.11 Å². The van der Waals surface area contributed by atoms with Crippen molar-refractivity contribution in [3.05, 3.63) is 65.7 Å². The topological polar surface area (TPSA) is 118 Å². The first-order valence-corrected chi connectivity index (χ1v) is 8.95. The molecule has 6 N–H and O–H groups in total. The van der Waals surface area contributed by atoms with E-state index in [9.17, 15) is 9.59 Å². The predicted molar refractivity (Wildman–Crippen MR) is 110 cm³/mol. The maximum Gasteiger partial charge on any atom is 0.312 e. The maximum atomic E-state index is 12.4. The van der Waals surface area contributed by atoms with Crippen molar-refractivity contribution in [2.45, 2.75) is 19.0 Å². The first kappa shape index (κ1) is 21.0. The largest absolute Gasteiger partial charge is 0.497 e. The van der Waals surface area contributed by atoms with Gasteiger partial charge in [-0.3, -0.25) is 15.6 Å². The predicted octanol–water partition coefficient (Wildman–Crippen LogP) is 0.970. The second kappa shape index (κ2) is 10.7. The number of carbonyl (C=O) groups excluding carboxylic acids is 2. The van der Waals surface area contributed by atoms with Crippen LogP contribution in [0.5, 0.6) is 5.75 Å². The van der Waals surface area contributed by atoms with Crippen molar-refractivity contribution < 1.29 is 14.3 Å². The molecular formula is C19H23N5O3S. The standard InChI is InChI=1S/C19H23N5O3S/c1-27-15-9-7-14(8-10-15)12-21-19(28)24-23-17(25)16(22-18(20)26)11-13-5-3-2-4-6-13/h2-10,16H,11-12H2,1H3,(H,23,25)(H3,20,22,26)(H2,21,24,28)/t16-/m0/s1. The van der Waals surface area contributed by atoms with E-state index in [4.69, 9.17) is 22.7 Å². The molecule has 0 aliphatic heterocycles. The molecule has 2 aromatic carbocycles. The van der Waals surface area contributed by atoms with Crippen LogP contribution in [0.25, 0.3) is 0 Å². The molecule has 1 atom stereocenters. The van der Waals surface area contributed by atoms with E-state index in [0.29, 0.717) is 13.0 Å². The molecule has 0 aliphatic rings. The van der Waals surface area contributed by atoms with Crippen molar-refractivity contribution in [2.24, 2.45) is 5.73 Å². The zero-order valence-corrected chi connectivity index (χ0v) is 16.2. The molecule has 2 aromatic rings. The minimum Gasteiger partial charge on any atom is -0.497 e. The normalized spacial score (nSPS) is 11.0. The van der Waals surface area contributed by atoms with Crippen molar-refractivity contribution in [2.75, 3.05) is 7.11 Å². The molecular weight excluding hydrogens is 378 g/mol. The van der Waals surface area contributed by atoms with Crippen LogP contribution in [-0.2, 0) is 17.8 Å². The molecule has 0 saturated heterocycles. The van der Waals surface area contributed by atoms with E-state index in [0.717, 1.165) is 16.9 Å². The van der Waals surface area contributed by atoms with Crippen LogP contribution in [0.15, 0.2) is 54.6 Å². The maximum absolute atomic E-state index is 12.4. The van der Waals surface area contributed by atoms with Crippen LogP contribution in [0.2, 0.25) is 0 Å². The van der Waals surface area contributed by atoms with Crippen molar-refractivity contribution in [3.8, 4) is 5.75 Å². The fraction of sp³-hybridized carbons (Fsp3) is 0.211. The molecule has 8 nitrogen and oxygen atoms in total. The highest BCUT2D eigenvalue weighted by Crippen LogP contribution is 2.10. The van der Waals surface area contributed by atoms with Crippen LogP contribution in [0.1, 0.15) is 11.1 Å². The first-order chi connectivity index (χ1) is 13.5. The average Bonchev–Trinajstić information content (AvgIpc) is 2.70. The molecule has 0 heterocycles. The third kappa shape index (κ3) is 7.12. The minimum atomic E-state index is -0.836. The number of methoxy groups -OCH3 is 1. The van der Waals surface area contributed by atoms with Crippen molar-refractivity contribution in [3.63, 3.8) is 0 Å². The summed E-state index contributed by atoms with van der Waals surface area (Å²) in [5, 5.41) is 5.64. The van der Waals surface area contributed by atoms with Gasteiger partial charge in [-0.1, -0.05) is 42.5 Å². The van der Waals surface area contributed by atoms with Gasteiger partial charge >= 0.3 is 6.03 Å². The van der Waals surface area contributed by atoms with Crippen LogP contribution in [0.3, 0.4) is 0 Å². The molecule has 0 aliphatic carbocycles. The summed E-state index contributed by atoms with van der Waals surface area (Å²) in [5.41, 5.74) is 12.2. The average molecular weight is 401 g/mol. The lowest BCUT2D eigenvalue weighted by Gasteiger charge is -2.18. The molecule has 9 heteroatoms. The summed E-state index contributed by atoms with van der Waals surface area (Å²) < 4.78 is 5.11. The number of ether oxygens (including phenoxy) is 1. The summed E-state index contributed by atoms with van der Waals surface area (Å²) >= 11 is 5.15. The SMILES string of the molecule is COc1ccc(CNC(=S)NNC(=O)[C@H](Cc2ccccc2)NC(N)=O)cc1. The number of hydrazine groups is 1. The second-order valence-electron chi connectivity index (χ2n) is 5.90. The molecule has 28 heavy (non-hydrogen) atoms. The number of amides is 3. The molecule has 0 spiro atoms. The van der Waals surface area contributed by atoms with Gasteiger partial charge in [-0.25, -0.2) is 4.79 Å². The third-order valence-corrected chi connectivity index (χ3v) is 4.07. The second-order valence-corrected chi connectivity index (χ2v) is 6.30. The highest BCUT2D eigenvalue weighted by atomic mass is 32.1. The Balaban J connectivity index is 1.82. The van der Waals surface area contributed by atoms with E-state index < -0.39 is 18.0 Å². The molecule has 0 radical (unpaired) electrons. The summed E-state index contributed by atoms with van der Waals surface area (Å²) in [6.07, 6.45) is 0.295. The van der Waals surface area contributed by atoms with Gasteiger partial charge in [0.2, 0.25) is 0 Å². The van der Waals surface area contributed by atoms with Crippen molar-refractivity contribution in [1.29, 1.82) is 0 Å². The van der Waals surface area contributed by atoms with Gasteiger partial charge in [0.25, 0.3) is 5.91 Å². The lowest BCUT2D eigenvalue weighted by molar-refractivity contribution is -0.123. The number of thiocarbonyl (C=S) groups is 1. The fourth-order valence-electron chi connectivity index (χ4n) is 2.41. The van der Waals surface area contributed by atoms with Crippen molar-refractivity contribution >= 4 is 29.3 Å². The fourth-order valence-corrected chi connectivity index (χ4v) is 2.53. The minimum absolute atomic E-state index is 0.238. The van der Waals surface area contributed by atoms with Gasteiger partial charge in [0.15, 0.2) is 5.11 Å². The Kier molecular flexibility index (Phi) is 8.04. The first-order valence-electron chi connectivity index (χ1n) is 8.54. The number of hydrogen-bond acceptors (Lipinski definition) is 4. The number of nitrogens with two attached hydrogens (primary N) is 1. The van der Waals surface area contributed by atoms with Gasteiger partial charge in [-0.2, -0.15) is 0 Å². The number of benzene rings is 2. The summed E-state index contributed by atoms with van der Waals surface area (Å²) in [6, 6.07) is 15.2. The highest BCUT2D eigenvalue weighted by Gasteiger charge is 2.20. The van der Waals surface area contributed by atoms with Crippen LogP contribution in [0.4, 0.5) is 4.79 Å². The van der Waals surface area contributed by atoms with Crippen molar-refractivity contribution in [1.82, 2.24) is 21.5 Å². The number of urea groups is 1. The van der Waals surface area contributed by atoms with Crippen LogP contribution in [-0.4, -0.2) is 30.2 Å². The number of hydrogen-bond donors (Lipinski definition) is 5. The third-order valence-electron chi connectivity index (χ3n) is 3.83. The van der Waals surface area contributed by atoms with E-state index in [2.05, 4.69) is 21.5 Å². The Morgan fingerprint density at radius 3 is 2.32 bits per heavy atom. The molecule has 2 rings (SSSR count). The van der Waals surface area contributed by atoms with Gasteiger partial charge < -0.3 is 21.1 Å². The smallest absolute Gasteiger partial charge is 0.312 e. The zero-order chi connectivity index (χ0) is 20.4. The Morgan fingerprint density at radius 1 is 1.04 bits per heavy atom. The van der Waals surface area contributed by atoms with E-state index in [1.165, 1.54) is 0 Å². The monoisotopic (exact) mass is 401 g/mol. The van der Waals surface area contributed by atoms with Gasteiger partial charge in [0.1, 0.15) is 11.8 Å². The van der Waals surface area contributed by atoms with E-state index in [1.807, 2.05) is 54.6 Å². The molecule has 0 aromatic heterocycles. The Hall–Kier alpha value is -3.33. The van der Waals surface area contributed by atoms with Crippen LogP contribution in [0, 0.1) is 0 Å². The van der Waals surface area contributed by atoms with E-state index >= 15 is 0 Å². The van der Waals surface area contributed by atoms with Gasteiger partial charge in [-0.15, -0.1) is 0 Å². The molecule has 0 bridgehead atoms. The Morgan fingerprint density at radius 2 is 1.71 bits per heavy atom. The van der Waals surface area contributed by atoms with Crippen LogP contribution >= 0.6 is 12.2 Å². The quantitative estimate of drug-likeness (QED) is 0.349. The summed E-state index contributed by atoms with van der Waals surface area (Å²) in [7, 11) is 1.60. The number of primary amides is 1. The molecule has 0 saturated carbocycles. The Labute approximate surface area is 168 Å². The van der Waals surface area contributed by atoms with E-state index in [1.54, 1.807) is 7.11 Å². The molecule has 3 amide bonds. The molecule has 0 unspecified atom stereocenters. The Bertz CT molecular complexity index is 799. The molecule has 148 valence electrons.